The van der Waals surface area contributed by atoms with Gasteiger partial charge in [-0.15, -0.1) is 0 Å². The second-order valence-corrected chi connectivity index (χ2v) is 12.9. The quantitative estimate of drug-likeness (QED) is 0.138. The monoisotopic (exact) mass is 728 g/mol. The SMILES string of the molecule is [2H]c1c([2H])c(-c2c([2H])c([2H])c(N(c3ccccc3)c3ccc(-c4ccc(-c5ccccc5)cc4)cc3)c([2H])c2[2H])c([2H])c([2H])c1-c1c([2H])c([2H])c(N(c2ccccc2)c2ccccc2)c([2H])c1[2H]. The van der Waals surface area contributed by atoms with Gasteiger partial charge in [-0.1, -0.05) is 170 Å². The van der Waals surface area contributed by atoms with Crippen LogP contribution in [0.3, 0.4) is 0 Å². The molecular formula is C54H40N2. The van der Waals surface area contributed by atoms with Crippen LogP contribution in [0.1, 0.15) is 16.4 Å². The fourth-order valence-corrected chi connectivity index (χ4v) is 6.48. The molecule has 0 saturated carbocycles. The molecule has 0 fully saturated rings. The molecule has 0 radical (unpaired) electrons. The van der Waals surface area contributed by atoms with E-state index in [9.17, 15) is 16.4 Å². The Kier molecular flexibility index (Phi) is 6.64. The van der Waals surface area contributed by atoms with E-state index in [1.807, 2.05) is 72.8 Å². The molecule has 0 aliphatic carbocycles. The van der Waals surface area contributed by atoms with Crippen molar-refractivity contribution in [1.82, 2.24) is 0 Å². The van der Waals surface area contributed by atoms with Crippen molar-refractivity contribution in [1.29, 1.82) is 0 Å². The van der Waals surface area contributed by atoms with Crippen LogP contribution in [0.4, 0.5) is 34.1 Å². The molecule has 0 aromatic heterocycles. The van der Waals surface area contributed by atoms with Gasteiger partial charge in [0.1, 0.15) is 0 Å². The Morgan fingerprint density at radius 3 is 0.750 bits per heavy atom. The average molecular weight is 729 g/mol. The van der Waals surface area contributed by atoms with Gasteiger partial charge in [0.25, 0.3) is 0 Å². The molecule has 0 unspecified atom stereocenters. The first kappa shape index (κ1) is 23.4. The fraction of sp³-hybridized carbons (Fsp3) is 0. The van der Waals surface area contributed by atoms with Gasteiger partial charge in [-0.3, -0.25) is 0 Å². The summed E-state index contributed by atoms with van der Waals surface area (Å²) in [6.45, 7) is 0. The van der Waals surface area contributed by atoms with E-state index >= 15 is 0 Å². The molecule has 266 valence electrons. The second kappa shape index (κ2) is 15.9. The number of hydrogen-bond donors (Lipinski definition) is 0. The van der Waals surface area contributed by atoms with Crippen LogP contribution in [0.15, 0.2) is 242 Å². The first-order valence-electron chi connectivity index (χ1n) is 24.1. The van der Waals surface area contributed by atoms with Crippen LogP contribution in [0.5, 0.6) is 0 Å². The maximum Gasteiger partial charge on any atom is 0.0645 e. The summed E-state index contributed by atoms with van der Waals surface area (Å²) < 4.78 is 111. The van der Waals surface area contributed by atoms with Gasteiger partial charge in [0, 0.05) is 34.1 Å². The molecule has 0 saturated heterocycles. The number of para-hydroxylation sites is 3. The molecule has 0 atom stereocenters. The zero-order valence-electron chi connectivity index (χ0n) is 42.1. The van der Waals surface area contributed by atoms with Gasteiger partial charge in [0.15, 0.2) is 0 Å². The van der Waals surface area contributed by atoms with Crippen LogP contribution < -0.4 is 9.80 Å². The molecule has 9 rings (SSSR count). The number of anilines is 6. The highest BCUT2D eigenvalue weighted by Gasteiger charge is 2.14. The topological polar surface area (TPSA) is 6.48 Å². The number of hydrogen-bond acceptors (Lipinski definition) is 2. The van der Waals surface area contributed by atoms with E-state index in [4.69, 9.17) is 0 Å². The molecule has 2 heteroatoms. The van der Waals surface area contributed by atoms with Gasteiger partial charge < -0.3 is 9.80 Å². The lowest BCUT2D eigenvalue weighted by molar-refractivity contribution is 1.28. The summed E-state index contributed by atoms with van der Waals surface area (Å²) in [5.74, 6) is 0. The van der Waals surface area contributed by atoms with Gasteiger partial charge >= 0.3 is 0 Å². The van der Waals surface area contributed by atoms with Crippen LogP contribution in [-0.4, -0.2) is 0 Å². The molecule has 0 bridgehead atoms. The van der Waals surface area contributed by atoms with Crippen molar-refractivity contribution in [2.24, 2.45) is 0 Å². The third-order valence-electron chi connectivity index (χ3n) is 9.29. The van der Waals surface area contributed by atoms with Crippen LogP contribution >= 0.6 is 0 Å². The first-order valence-corrected chi connectivity index (χ1v) is 18.1. The maximum atomic E-state index is 9.38. The predicted octanol–water partition coefficient (Wildman–Crippen LogP) is 15.3. The van der Waals surface area contributed by atoms with E-state index in [0.29, 0.717) is 22.7 Å². The molecule has 0 aliphatic heterocycles. The van der Waals surface area contributed by atoms with Gasteiger partial charge in [-0.05, 0) is 117 Å². The molecular weight excluding hydrogens is 677 g/mol. The third kappa shape index (κ3) is 7.37. The third-order valence-corrected chi connectivity index (χ3v) is 9.29. The van der Waals surface area contributed by atoms with E-state index in [1.165, 1.54) is 0 Å². The Morgan fingerprint density at radius 2 is 0.429 bits per heavy atom. The molecule has 9 aromatic rings. The standard InChI is InChI=1S/C54H40N2/c1-5-13-41(14-6-1)42-21-23-43(24-22-42)47-31-37-53(38-32-47)56(51-19-11-4-12-20-51)54-39-33-48(34-40-54)45-27-25-44(26-28-45)46-29-35-52(36-30-46)55(49-15-7-2-8-16-49)50-17-9-3-10-18-50/h1-40H/i25D,26D,27D,28D,29D,30D,33D,34D,35D,36D,39D,40D. The lowest BCUT2D eigenvalue weighted by Gasteiger charge is -2.26. The zero-order chi connectivity index (χ0) is 48.0. The lowest BCUT2D eigenvalue weighted by atomic mass is 9.99. The minimum absolute atomic E-state index is 0.0916. The summed E-state index contributed by atoms with van der Waals surface area (Å²) >= 11 is 0. The van der Waals surface area contributed by atoms with Crippen LogP contribution in [-0.2, 0) is 0 Å². The molecule has 0 spiro atoms. The van der Waals surface area contributed by atoms with E-state index in [-0.39, 0.29) is 11.4 Å². The molecule has 2 nitrogen and oxygen atoms in total. The summed E-state index contributed by atoms with van der Waals surface area (Å²) in [5, 5.41) is 0. The average Bonchev–Trinajstić information content (AvgIpc) is 3.38. The fourth-order valence-electron chi connectivity index (χ4n) is 6.48. The van der Waals surface area contributed by atoms with E-state index in [0.717, 1.165) is 22.3 Å². The summed E-state index contributed by atoms with van der Waals surface area (Å²) in [5.41, 5.74) is 4.09. The zero-order valence-corrected chi connectivity index (χ0v) is 30.1. The Bertz CT molecular complexity index is 3210. The number of benzene rings is 9. The van der Waals surface area contributed by atoms with Crippen molar-refractivity contribution in [2.45, 2.75) is 0 Å². The van der Waals surface area contributed by atoms with Crippen molar-refractivity contribution in [3.05, 3.63) is 242 Å². The van der Waals surface area contributed by atoms with E-state index in [2.05, 4.69) is 12.1 Å². The van der Waals surface area contributed by atoms with Crippen molar-refractivity contribution >= 4 is 34.1 Å². The normalized spacial score (nSPS) is 13.9. The smallest absolute Gasteiger partial charge is 0.0645 e. The minimum atomic E-state index is -0.738. The van der Waals surface area contributed by atoms with Gasteiger partial charge in [-0.25, -0.2) is 0 Å². The Hall–Kier alpha value is -7.42. The van der Waals surface area contributed by atoms with Crippen molar-refractivity contribution in [3.8, 4) is 44.5 Å². The lowest BCUT2D eigenvalue weighted by Crippen LogP contribution is -2.09. The van der Waals surface area contributed by atoms with Gasteiger partial charge in [0.05, 0.1) is 16.4 Å². The Morgan fingerprint density at radius 1 is 0.196 bits per heavy atom. The van der Waals surface area contributed by atoms with Crippen molar-refractivity contribution in [3.63, 3.8) is 0 Å². The van der Waals surface area contributed by atoms with Crippen molar-refractivity contribution in [2.75, 3.05) is 9.80 Å². The number of nitrogens with zero attached hydrogens (tertiary/aromatic N) is 2. The Labute approximate surface area is 346 Å². The molecule has 0 amide bonds. The predicted molar refractivity (Wildman–Crippen MR) is 238 cm³/mol. The second-order valence-electron chi connectivity index (χ2n) is 12.9. The van der Waals surface area contributed by atoms with Crippen LogP contribution in [0.25, 0.3) is 44.5 Å². The van der Waals surface area contributed by atoms with Gasteiger partial charge in [-0.2, -0.15) is 0 Å². The molecule has 0 aliphatic rings. The first-order chi connectivity index (χ1) is 32.8. The minimum Gasteiger partial charge on any atom is -0.311 e. The van der Waals surface area contributed by atoms with E-state index in [1.54, 1.807) is 94.7 Å². The van der Waals surface area contributed by atoms with E-state index < -0.39 is 94.8 Å². The van der Waals surface area contributed by atoms with Crippen LogP contribution in [0.2, 0.25) is 0 Å². The highest BCUT2D eigenvalue weighted by Crippen LogP contribution is 2.38. The summed E-state index contributed by atoms with van der Waals surface area (Å²) in [7, 11) is 0. The molecule has 56 heavy (non-hydrogen) atoms. The highest BCUT2D eigenvalue weighted by molar-refractivity contribution is 5.82. The highest BCUT2D eigenvalue weighted by atomic mass is 15.1. The van der Waals surface area contributed by atoms with Gasteiger partial charge in [0.2, 0.25) is 0 Å². The largest absolute Gasteiger partial charge is 0.311 e. The summed E-state index contributed by atoms with van der Waals surface area (Å²) in [6, 6.07) is 45.1. The number of rotatable bonds is 10. The Balaban J connectivity index is 1.14. The summed E-state index contributed by atoms with van der Waals surface area (Å²) in [4.78, 5) is 3.18. The summed E-state index contributed by atoms with van der Waals surface area (Å²) in [6.07, 6.45) is 0. The van der Waals surface area contributed by atoms with Crippen molar-refractivity contribution < 1.29 is 16.4 Å². The molecule has 9 aromatic carbocycles. The molecule has 0 heterocycles. The maximum absolute atomic E-state index is 9.38. The molecule has 0 N–H and O–H groups in total. The van der Waals surface area contributed by atoms with Crippen LogP contribution in [0, 0.1) is 0 Å².